The van der Waals surface area contributed by atoms with Gasteiger partial charge in [0.25, 0.3) is 0 Å². The van der Waals surface area contributed by atoms with Crippen molar-refractivity contribution in [2.75, 3.05) is 0 Å². The van der Waals surface area contributed by atoms with Gasteiger partial charge in [-0.2, -0.15) is 0 Å². The standard InChI is InChI=1S/C21H20N4O2/c26-19-20(27)25(21-7-6-15(10-21)11-21)9-8-24(19)14-16-12-22-18(23-13-16)17-4-2-1-3-5-17/h1-5,8-9,12-13,15H,6-7,10-11,14H2. The number of rotatable bonds is 4. The van der Waals surface area contributed by atoms with E-state index in [1.54, 1.807) is 29.4 Å². The minimum Gasteiger partial charge on any atom is -0.305 e. The van der Waals surface area contributed by atoms with Crippen molar-refractivity contribution in [1.29, 1.82) is 0 Å². The van der Waals surface area contributed by atoms with Gasteiger partial charge < -0.3 is 9.13 Å². The third kappa shape index (κ3) is 2.63. The highest BCUT2D eigenvalue weighted by Crippen LogP contribution is 2.56. The molecule has 6 heteroatoms. The van der Waals surface area contributed by atoms with Crippen LogP contribution >= 0.6 is 0 Å². The molecule has 0 unspecified atom stereocenters. The van der Waals surface area contributed by atoms with Crippen LogP contribution in [0.2, 0.25) is 0 Å². The first kappa shape index (κ1) is 16.2. The van der Waals surface area contributed by atoms with Gasteiger partial charge in [0.05, 0.1) is 6.54 Å². The van der Waals surface area contributed by atoms with Crippen LogP contribution in [0.5, 0.6) is 0 Å². The highest BCUT2D eigenvalue weighted by molar-refractivity contribution is 5.53. The summed E-state index contributed by atoms with van der Waals surface area (Å²) < 4.78 is 3.13. The zero-order chi connectivity index (χ0) is 18.4. The van der Waals surface area contributed by atoms with Crippen LogP contribution in [-0.4, -0.2) is 19.1 Å². The summed E-state index contributed by atoms with van der Waals surface area (Å²) in [6.07, 6.45) is 11.2. The van der Waals surface area contributed by atoms with E-state index in [0.717, 1.165) is 36.3 Å². The average molecular weight is 360 g/mol. The minimum atomic E-state index is -0.477. The van der Waals surface area contributed by atoms with Gasteiger partial charge in [0.1, 0.15) is 0 Å². The monoisotopic (exact) mass is 360 g/mol. The molecule has 0 radical (unpaired) electrons. The molecule has 6 rings (SSSR count). The van der Waals surface area contributed by atoms with Gasteiger partial charge in [-0.15, -0.1) is 0 Å². The van der Waals surface area contributed by atoms with Crippen LogP contribution in [0.15, 0.2) is 64.7 Å². The van der Waals surface area contributed by atoms with Crippen molar-refractivity contribution >= 4 is 0 Å². The van der Waals surface area contributed by atoms with Crippen molar-refractivity contribution in [2.24, 2.45) is 5.92 Å². The lowest BCUT2D eigenvalue weighted by Gasteiger charge is -2.40. The van der Waals surface area contributed by atoms with Crippen LogP contribution in [-0.2, 0) is 12.1 Å². The Morgan fingerprint density at radius 3 is 2.41 bits per heavy atom. The van der Waals surface area contributed by atoms with Gasteiger partial charge in [-0.1, -0.05) is 30.3 Å². The van der Waals surface area contributed by atoms with E-state index in [0.29, 0.717) is 12.4 Å². The smallest absolute Gasteiger partial charge is 0.305 e. The van der Waals surface area contributed by atoms with Gasteiger partial charge in [0.2, 0.25) is 0 Å². The van der Waals surface area contributed by atoms with E-state index in [1.807, 2.05) is 30.3 Å². The van der Waals surface area contributed by atoms with Crippen LogP contribution in [0.3, 0.4) is 0 Å². The number of nitrogens with zero attached hydrogens (tertiary/aromatic N) is 4. The molecule has 6 nitrogen and oxygen atoms in total. The lowest BCUT2D eigenvalue weighted by Crippen LogP contribution is -2.51. The fourth-order valence-corrected chi connectivity index (χ4v) is 4.59. The number of hydrogen-bond acceptors (Lipinski definition) is 4. The number of benzene rings is 1. The Hall–Kier alpha value is -3.02. The normalized spacial score (nSPS) is 23.2. The predicted octanol–water partition coefficient (Wildman–Crippen LogP) is 2.41. The molecular formula is C21H20N4O2. The molecule has 3 saturated carbocycles. The lowest BCUT2D eigenvalue weighted by molar-refractivity contribution is 0.145. The first-order valence-electron chi connectivity index (χ1n) is 9.34. The number of fused-ring (bicyclic) bond motifs is 1. The molecule has 2 aromatic heterocycles. The lowest BCUT2D eigenvalue weighted by atomic mass is 9.77. The minimum absolute atomic E-state index is 0.0968. The fourth-order valence-electron chi connectivity index (χ4n) is 4.59. The molecule has 0 amide bonds. The maximum Gasteiger partial charge on any atom is 0.316 e. The van der Waals surface area contributed by atoms with Crippen molar-refractivity contribution in [3.63, 3.8) is 0 Å². The highest BCUT2D eigenvalue weighted by atomic mass is 16.2. The molecule has 0 spiro atoms. The summed E-state index contributed by atoms with van der Waals surface area (Å²) in [4.78, 5) is 34.0. The van der Waals surface area contributed by atoms with Crippen LogP contribution in [0.1, 0.15) is 31.2 Å². The molecule has 3 aliphatic carbocycles. The molecular weight excluding hydrogens is 340 g/mol. The summed E-state index contributed by atoms with van der Waals surface area (Å²) in [5, 5.41) is 0. The second-order valence-corrected chi connectivity index (χ2v) is 7.72. The van der Waals surface area contributed by atoms with Crippen LogP contribution < -0.4 is 11.1 Å². The fraction of sp³-hybridized carbons (Fsp3) is 0.333. The molecule has 3 aliphatic rings. The highest BCUT2D eigenvalue weighted by Gasteiger charge is 2.52. The molecule has 0 N–H and O–H groups in total. The Kier molecular flexibility index (Phi) is 3.60. The first-order valence-corrected chi connectivity index (χ1v) is 9.34. The van der Waals surface area contributed by atoms with E-state index >= 15 is 0 Å². The number of hydrogen-bond donors (Lipinski definition) is 0. The quantitative estimate of drug-likeness (QED) is 0.670. The van der Waals surface area contributed by atoms with Crippen molar-refractivity contribution in [2.45, 2.75) is 37.8 Å². The largest absolute Gasteiger partial charge is 0.316 e. The molecule has 3 aromatic rings. The van der Waals surface area contributed by atoms with E-state index < -0.39 is 11.1 Å². The Bertz CT molecular complexity index is 1090. The van der Waals surface area contributed by atoms with Gasteiger partial charge in [0.15, 0.2) is 5.82 Å². The zero-order valence-electron chi connectivity index (χ0n) is 14.9. The molecule has 1 aromatic carbocycles. The molecule has 3 fully saturated rings. The zero-order valence-corrected chi connectivity index (χ0v) is 14.9. The van der Waals surface area contributed by atoms with E-state index in [4.69, 9.17) is 0 Å². The van der Waals surface area contributed by atoms with Crippen LogP contribution in [0, 0.1) is 5.92 Å². The van der Waals surface area contributed by atoms with Gasteiger partial charge in [-0.25, -0.2) is 9.97 Å². The molecule has 136 valence electrons. The summed E-state index contributed by atoms with van der Waals surface area (Å²) in [6, 6.07) is 9.73. The van der Waals surface area contributed by atoms with E-state index in [9.17, 15) is 9.59 Å². The second kappa shape index (κ2) is 6.01. The SMILES string of the molecule is O=c1c(=O)n(C23CCC(C2)C3)ccn1Cc1cnc(-c2ccccc2)nc1. The average Bonchev–Trinajstić information content (AvgIpc) is 3.29. The summed E-state index contributed by atoms with van der Waals surface area (Å²) in [6.45, 7) is 0.291. The van der Waals surface area contributed by atoms with Crippen molar-refractivity contribution in [3.8, 4) is 11.4 Å². The van der Waals surface area contributed by atoms with E-state index in [2.05, 4.69) is 9.97 Å². The molecule has 0 aliphatic heterocycles. The van der Waals surface area contributed by atoms with Crippen molar-refractivity contribution in [1.82, 2.24) is 19.1 Å². The molecule has 2 bridgehead atoms. The predicted molar refractivity (Wildman–Crippen MR) is 101 cm³/mol. The van der Waals surface area contributed by atoms with E-state index in [1.165, 1.54) is 11.0 Å². The van der Waals surface area contributed by atoms with Gasteiger partial charge in [0, 0.05) is 41.5 Å². The summed E-state index contributed by atoms with van der Waals surface area (Å²) >= 11 is 0. The Balaban J connectivity index is 1.40. The van der Waals surface area contributed by atoms with Gasteiger partial charge in [-0.05, 0) is 31.6 Å². The Labute approximate surface area is 156 Å². The summed E-state index contributed by atoms with van der Waals surface area (Å²) in [5.74, 6) is 1.38. The number of aromatic nitrogens is 4. The second-order valence-electron chi connectivity index (χ2n) is 7.72. The maximum atomic E-state index is 12.6. The van der Waals surface area contributed by atoms with Crippen molar-refractivity contribution < 1.29 is 0 Å². The molecule has 2 heterocycles. The van der Waals surface area contributed by atoms with Crippen LogP contribution in [0.25, 0.3) is 11.4 Å². The molecule has 27 heavy (non-hydrogen) atoms. The van der Waals surface area contributed by atoms with Crippen molar-refractivity contribution in [3.05, 3.63) is 81.4 Å². The van der Waals surface area contributed by atoms with Gasteiger partial charge in [-0.3, -0.25) is 9.59 Å². The first-order chi connectivity index (χ1) is 13.1. The summed E-state index contributed by atoms with van der Waals surface area (Å²) in [7, 11) is 0. The van der Waals surface area contributed by atoms with Gasteiger partial charge >= 0.3 is 11.1 Å². The summed E-state index contributed by atoms with van der Waals surface area (Å²) in [5.41, 5.74) is 0.740. The Morgan fingerprint density at radius 1 is 1.00 bits per heavy atom. The van der Waals surface area contributed by atoms with Crippen LogP contribution in [0.4, 0.5) is 0 Å². The molecule has 0 saturated heterocycles. The molecule has 0 atom stereocenters. The van der Waals surface area contributed by atoms with E-state index in [-0.39, 0.29) is 5.54 Å². The topological polar surface area (TPSA) is 69.8 Å². The Morgan fingerprint density at radius 2 is 1.74 bits per heavy atom. The third-order valence-corrected chi connectivity index (χ3v) is 6.01. The third-order valence-electron chi connectivity index (χ3n) is 6.01. The maximum absolute atomic E-state index is 12.6.